The molecule has 1 aliphatic rings. The van der Waals surface area contributed by atoms with Gasteiger partial charge in [0.15, 0.2) is 0 Å². The van der Waals surface area contributed by atoms with E-state index in [0.717, 1.165) is 12.8 Å². The van der Waals surface area contributed by atoms with E-state index >= 15 is 0 Å². The van der Waals surface area contributed by atoms with E-state index in [9.17, 15) is 0 Å². The lowest BCUT2D eigenvalue weighted by Gasteiger charge is -2.30. The molecule has 0 radical (unpaired) electrons. The van der Waals surface area contributed by atoms with Gasteiger partial charge in [0.05, 0.1) is 0 Å². The van der Waals surface area contributed by atoms with E-state index in [0.29, 0.717) is 0 Å². The Balaban J connectivity index is 1.90. The minimum atomic E-state index is 1.10. The van der Waals surface area contributed by atoms with Crippen LogP contribution in [0.3, 0.4) is 0 Å². The van der Waals surface area contributed by atoms with Crippen molar-refractivity contribution in [3.63, 3.8) is 0 Å². The molecule has 0 aliphatic heterocycles. The lowest BCUT2D eigenvalue weighted by atomic mass is 9.73. The molecular weight excluding hydrogens is 312 g/mol. The lowest BCUT2D eigenvalue weighted by molar-refractivity contribution is 0.735. The molecule has 0 atom stereocenters. The Morgan fingerprint density at radius 3 is 1.46 bits per heavy atom. The van der Waals surface area contributed by atoms with E-state index < -0.39 is 0 Å². The SMILES string of the molecule is C=C(CCCCC)c1cccc2c1-c1c(C(=C)CCCCC)cccc1-2. The highest BCUT2D eigenvalue weighted by atomic mass is 14.3. The van der Waals surface area contributed by atoms with Crippen molar-refractivity contribution in [1.82, 2.24) is 0 Å². The molecule has 0 heteroatoms. The summed E-state index contributed by atoms with van der Waals surface area (Å²) in [6.07, 6.45) is 9.73. The van der Waals surface area contributed by atoms with Crippen LogP contribution < -0.4 is 0 Å². The van der Waals surface area contributed by atoms with Gasteiger partial charge in [-0.25, -0.2) is 0 Å². The van der Waals surface area contributed by atoms with Crippen LogP contribution in [0.1, 0.15) is 76.3 Å². The fourth-order valence-corrected chi connectivity index (χ4v) is 4.07. The third-order valence-electron chi connectivity index (χ3n) is 5.60. The van der Waals surface area contributed by atoms with Crippen molar-refractivity contribution in [1.29, 1.82) is 0 Å². The van der Waals surface area contributed by atoms with E-state index in [2.05, 4.69) is 63.4 Å². The summed E-state index contributed by atoms with van der Waals surface area (Å²) in [5, 5.41) is 0. The molecule has 3 rings (SSSR count). The molecule has 0 saturated carbocycles. The summed E-state index contributed by atoms with van der Waals surface area (Å²) < 4.78 is 0. The summed E-state index contributed by atoms with van der Waals surface area (Å²) >= 11 is 0. The monoisotopic (exact) mass is 344 g/mol. The van der Waals surface area contributed by atoms with Gasteiger partial charge in [-0.15, -0.1) is 0 Å². The van der Waals surface area contributed by atoms with Crippen molar-refractivity contribution in [3.05, 3.63) is 60.7 Å². The van der Waals surface area contributed by atoms with Crippen molar-refractivity contribution in [2.24, 2.45) is 0 Å². The molecule has 1 aliphatic carbocycles. The van der Waals surface area contributed by atoms with Gasteiger partial charge < -0.3 is 0 Å². The summed E-state index contributed by atoms with van der Waals surface area (Å²) in [5.41, 5.74) is 10.9. The highest BCUT2D eigenvalue weighted by molar-refractivity contribution is 6.10. The molecule has 2 aromatic carbocycles. The highest BCUT2D eigenvalue weighted by Gasteiger charge is 2.28. The van der Waals surface area contributed by atoms with Gasteiger partial charge in [-0.3, -0.25) is 0 Å². The molecule has 0 fully saturated rings. The Morgan fingerprint density at radius 1 is 0.654 bits per heavy atom. The zero-order valence-corrected chi connectivity index (χ0v) is 16.5. The smallest absolute Gasteiger partial charge is 0.00177 e. The fourth-order valence-electron chi connectivity index (χ4n) is 4.07. The third-order valence-corrected chi connectivity index (χ3v) is 5.60. The van der Waals surface area contributed by atoms with E-state index in [-0.39, 0.29) is 0 Å². The van der Waals surface area contributed by atoms with Crippen LogP contribution in [0, 0.1) is 0 Å². The van der Waals surface area contributed by atoms with Crippen molar-refractivity contribution in [3.8, 4) is 22.3 Å². The van der Waals surface area contributed by atoms with Gasteiger partial charge >= 0.3 is 0 Å². The fraction of sp³-hybridized carbons (Fsp3) is 0.385. The van der Waals surface area contributed by atoms with E-state index in [1.165, 1.54) is 83.1 Å². The van der Waals surface area contributed by atoms with E-state index in [1.807, 2.05) is 0 Å². The number of fused-ring (bicyclic) bond motifs is 4. The highest BCUT2D eigenvalue weighted by Crippen LogP contribution is 2.53. The summed E-state index contributed by atoms with van der Waals surface area (Å²) in [6, 6.07) is 13.4. The summed E-state index contributed by atoms with van der Waals surface area (Å²) in [6.45, 7) is 13.3. The Bertz CT molecular complexity index is 737. The molecule has 0 heterocycles. The van der Waals surface area contributed by atoms with E-state index in [4.69, 9.17) is 0 Å². The van der Waals surface area contributed by atoms with Gasteiger partial charge in [-0.05, 0) is 70.2 Å². The summed E-state index contributed by atoms with van der Waals surface area (Å²) in [7, 11) is 0. The molecule has 0 aromatic heterocycles. The third kappa shape index (κ3) is 3.56. The van der Waals surface area contributed by atoms with Gasteiger partial charge in [-0.1, -0.05) is 89.1 Å². The zero-order chi connectivity index (χ0) is 18.5. The number of hydrogen-bond acceptors (Lipinski definition) is 0. The molecule has 0 saturated heterocycles. The Hall–Kier alpha value is -2.08. The quantitative estimate of drug-likeness (QED) is 0.323. The van der Waals surface area contributed by atoms with Gasteiger partial charge in [0, 0.05) is 0 Å². The normalized spacial score (nSPS) is 11.5. The molecule has 0 nitrogen and oxygen atoms in total. The van der Waals surface area contributed by atoms with Crippen LogP contribution in [-0.2, 0) is 0 Å². The molecule has 136 valence electrons. The van der Waals surface area contributed by atoms with Gasteiger partial charge in [0.1, 0.15) is 0 Å². The number of allylic oxidation sites excluding steroid dienone is 2. The second-order valence-corrected chi connectivity index (χ2v) is 7.58. The first kappa shape index (κ1) is 18.7. The second-order valence-electron chi connectivity index (χ2n) is 7.58. The first-order valence-corrected chi connectivity index (χ1v) is 10.3. The van der Waals surface area contributed by atoms with Gasteiger partial charge in [-0.2, -0.15) is 0 Å². The van der Waals surface area contributed by atoms with Crippen molar-refractivity contribution >= 4 is 11.1 Å². The molecule has 0 N–H and O–H groups in total. The average molecular weight is 345 g/mol. The zero-order valence-electron chi connectivity index (χ0n) is 16.5. The largest absolute Gasteiger partial charge is 0.0952 e. The van der Waals surface area contributed by atoms with Crippen LogP contribution in [0.25, 0.3) is 33.4 Å². The first-order valence-electron chi connectivity index (χ1n) is 10.3. The Morgan fingerprint density at radius 2 is 1.08 bits per heavy atom. The standard InChI is InChI=1S/C26H32/c1-5-7-9-13-19(3)21-15-11-17-23-24-18-12-16-22(26(24)25(21)23)20(4)14-10-8-6-2/h11-12,15-18H,3-10,13-14H2,1-2H3. The Kier molecular flexibility index (Phi) is 6.14. The maximum Gasteiger partial charge on any atom is -0.00177 e. The lowest BCUT2D eigenvalue weighted by Crippen LogP contribution is -2.06. The minimum Gasteiger partial charge on any atom is -0.0952 e. The predicted octanol–water partition coefficient (Wildman–Crippen LogP) is 8.52. The van der Waals surface area contributed by atoms with Crippen LogP contribution in [0.5, 0.6) is 0 Å². The van der Waals surface area contributed by atoms with Gasteiger partial charge in [0.25, 0.3) is 0 Å². The molecule has 26 heavy (non-hydrogen) atoms. The maximum absolute atomic E-state index is 4.42. The topological polar surface area (TPSA) is 0 Å². The number of unbranched alkanes of at least 4 members (excludes halogenated alkanes) is 4. The van der Waals surface area contributed by atoms with Crippen LogP contribution >= 0.6 is 0 Å². The summed E-state index contributed by atoms with van der Waals surface area (Å²) in [4.78, 5) is 0. The van der Waals surface area contributed by atoms with Crippen molar-refractivity contribution in [2.45, 2.75) is 65.2 Å². The van der Waals surface area contributed by atoms with Gasteiger partial charge in [0.2, 0.25) is 0 Å². The first-order chi connectivity index (χ1) is 12.7. The molecule has 0 bridgehead atoms. The average Bonchev–Trinajstić information content (AvgIpc) is 2.65. The second kappa shape index (κ2) is 8.54. The minimum absolute atomic E-state index is 1.10. The van der Waals surface area contributed by atoms with Crippen molar-refractivity contribution < 1.29 is 0 Å². The molecule has 0 amide bonds. The number of rotatable bonds is 10. The molecule has 2 aromatic rings. The van der Waals surface area contributed by atoms with Crippen molar-refractivity contribution in [2.75, 3.05) is 0 Å². The molecular formula is C26H32. The number of hydrogen-bond donors (Lipinski definition) is 0. The maximum atomic E-state index is 4.42. The Labute approximate surface area is 159 Å². The number of benzene rings is 2. The molecule has 0 spiro atoms. The van der Waals surface area contributed by atoms with E-state index in [1.54, 1.807) is 0 Å². The summed E-state index contributed by atoms with van der Waals surface area (Å²) in [5.74, 6) is 0. The van der Waals surface area contributed by atoms with Crippen LogP contribution in [-0.4, -0.2) is 0 Å². The predicted molar refractivity (Wildman–Crippen MR) is 117 cm³/mol. The molecule has 0 unspecified atom stereocenters. The van der Waals surface area contributed by atoms with Crippen LogP contribution in [0.15, 0.2) is 49.6 Å². The van der Waals surface area contributed by atoms with Crippen LogP contribution in [0.4, 0.5) is 0 Å². The van der Waals surface area contributed by atoms with Crippen LogP contribution in [0.2, 0.25) is 0 Å².